The Bertz CT molecular complexity index is 705. The zero-order chi connectivity index (χ0) is 16.9. The number of aryl methyl sites for hydroxylation is 1. The van der Waals surface area contributed by atoms with E-state index in [0.29, 0.717) is 11.4 Å². The Morgan fingerprint density at radius 1 is 1.54 bits per heavy atom. The predicted molar refractivity (Wildman–Crippen MR) is 92.8 cm³/mol. The summed E-state index contributed by atoms with van der Waals surface area (Å²) < 4.78 is 10.4. The van der Waals surface area contributed by atoms with Gasteiger partial charge in [-0.25, -0.2) is 4.98 Å². The molecule has 2 aromatic heterocycles. The van der Waals surface area contributed by atoms with E-state index in [1.807, 2.05) is 0 Å². The van der Waals surface area contributed by atoms with E-state index in [9.17, 15) is 4.79 Å². The number of carbonyl (C=O) groups excluding carboxylic acids is 1. The molecule has 0 aliphatic carbocycles. The number of rotatable bonds is 5. The highest BCUT2D eigenvalue weighted by Gasteiger charge is 2.24. The molecule has 0 bridgehead atoms. The van der Waals surface area contributed by atoms with Gasteiger partial charge in [-0.05, 0) is 18.9 Å². The fraction of sp³-hybridized carbons (Fsp3) is 0.500. The van der Waals surface area contributed by atoms with Crippen molar-refractivity contribution in [3.05, 3.63) is 29.8 Å². The standard InChI is InChI=1S/C16H21N5O2S/c1-3-14-19-16(24-20-14)21-8-4-5-12(10-21)23-11-6-7-18-13(9-11)15(22)17-2/h6-7,9,12H,3-5,8,10H2,1-2H3,(H,17,22)/t12-/m0/s1. The molecule has 3 rings (SSSR count). The molecule has 7 nitrogen and oxygen atoms in total. The lowest BCUT2D eigenvalue weighted by Gasteiger charge is -2.32. The maximum absolute atomic E-state index is 11.7. The molecule has 2 aromatic rings. The Morgan fingerprint density at radius 2 is 2.42 bits per heavy atom. The molecule has 1 amide bonds. The molecule has 0 saturated carbocycles. The van der Waals surface area contributed by atoms with Crippen molar-refractivity contribution in [3.63, 3.8) is 0 Å². The number of carbonyl (C=O) groups is 1. The van der Waals surface area contributed by atoms with Crippen molar-refractivity contribution in [1.82, 2.24) is 19.7 Å². The molecule has 0 spiro atoms. The topological polar surface area (TPSA) is 80.2 Å². The molecule has 0 radical (unpaired) electrons. The first-order valence-electron chi connectivity index (χ1n) is 8.12. The fourth-order valence-corrected chi connectivity index (χ4v) is 3.44. The summed E-state index contributed by atoms with van der Waals surface area (Å²) in [6.45, 7) is 3.80. The average molecular weight is 347 g/mol. The van der Waals surface area contributed by atoms with Crippen LogP contribution in [-0.4, -0.2) is 46.5 Å². The minimum absolute atomic E-state index is 0.0627. The number of hydrogen-bond acceptors (Lipinski definition) is 7. The van der Waals surface area contributed by atoms with E-state index < -0.39 is 0 Å². The average Bonchev–Trinajstić information content (AvgIpc) is 3.11. The Morgan fingerprint density at radius 3 is 3.17 bits per heavy atom. The van der Waals surface area contributed by atoms with Gasteiger partial charge in [0.15, 0.2) is 0 Å². The molecule has 1 N–H and O–H groups in total. The van der Waals surface area contributed by atoms with E-state index in [4.69, 9.17) is 4.74 Å². The number of nitrogens with zero attached hydrogens (tertiary/aromatic N) is 4. The van der Waals surface area contributed by atoms with Gasteiger partial charge in [0.25, 0.3) is 5.91 Å². The first-order chi connectivity index (χ1) is 11.7. The van der Waals surface area contributed by atoms with Crippen LogP contribution in [0.1, 0.15) is 36.1 Å². The van der Waals surface area contributed by atoms with Crippen LogP contribution in [0.5, 0.6) is 5.75 Å². The van der Waals surface area contributed by atoms with Crippen molar-refractivity contribution in [2.24, 2.45) is 0 Å². The molecule has 0 unspecified atom stereocenters. The van der Waals surface area contributed by atoms with Gasteiger partial charge in [0.2, 0.25) is 5.13 Å². The van der Waals surface area contributed by atoms with Gasteiger partial charge in [-0.15, -0.1) is 0 Å². The zero-order valence-electron chi connectivity index (χ0n) is 13.9. The van der Waals surface area contributed by atoms with Gasteiger partial charge >= 0.3 is 0 Å². The Labute approximate surface area is 145 Å². The third-order valence-electron chi connectivity index (χ3n) is 3.92. The number of pyridine rings is 1. The molecular formula is C16H21N5O2S. The zero-order valence-corrected chi connectivity index (χ0v) is 14.7. The second kappa shape index (κ2) is 7.57. The van der Waals surface area contributed by atoms with Crippen LogP contribution in [0.3, 0.4) is 0 Å². The Hall–Kier alpha value is -2.22. The van der Waals surface area contributed by atoms with E-state index in [-0.39, 0.29) is 12.0 Å². The van der Waals surface area contributed by atoms with Crippen LogP contribution in [0.15, 0.2) is 18.3 Å². The summed E-state index contributed by atoms with van der Waals surface area (Å²) in [6, 6.07) is 3.46. The first-order valence-corrected chi connectivity index (χ1v) is 8.89. The highest BCUT2D eigenvalue weighted by molar-refractivity contribution is 7.09. The van der Waals surface area contributed by atoms with Crippen LogP contribution in [0.4, 0.5) is 5.13 Å². The molecule has 1 fully saturated rings. The predicted octanol–water partition coefficient (Wildman–Crippen LogP) is 1.90. The summed E-state index contributed by atoms with van der Waals surface area (Å²) in [6.07, 6.45) is 4.53. The smallest absolute Gasteiger partial charge is 0.269 e. The van der Waals surface area contributed by atoms with E-state index >= 15 is 0 Å². The lowest BCUT2D eigenvalue weighted by molar-refractivity contribution is 0.0957. The SMILES string of the molecule is CCc1nsc(N2CCC[C@H](Oc3ccnc(C(=O)NC)c3)C2)n1. The summed E-state index contributed by atoms with van der Waals surface area (Å²) in [5.41, 5.74) is 0.361. The van der Waals surface area contributed by atoms with E-state index in [1.54, 1.807) is 25.4 Å². The lowest BCUT2D eigenvalue weighted by atomic mass is 10.1. The van der Waals surface area contributed by atoms with Crippen molar-refractivity contribution in [3.8, 4) is 5.75 Å². The molecular weight excluding hydrogens is 326 g/mol. The van der Waals surface area contributed by atoms with Crippen LogP contribution in [0, 0.1) is 0 Å². The van der Waals surface area contributed by atoms with Gasteiger partial charge in [0, 0.05) is 43.8 Å². The summed E-state index contributed by atoms with van der Waals surface area (Å²) in [5.74, 6) is 1.34. The van der Waals surface area contributed by atoms with Crippen LogP contribution < -0.4 is 15.0 Å². The van der Waals surface area contributed by atoms with E-state index in [0.717, 1.165) is 43.3 Å². The highest BCUT2D eigenvalue weighted by Crippen LogP contribution is 2.24. The van der Waals surface area contributed by atoms with E-state index in [1.165, 1.54) is 11.5 Å². The molecule has 24 heavy (non-hydrogen) atoms. The van der Waals surface area contributed by atoms with Gasteiger partial charge < -0.3 is 15.0 Å². The van der Waals surface area contributed by atoms with Crippen molar-refractivity contribution in [2.75, 3.05) is 25.0 Å². The number of amides is 1. The van der Waals surface area contributed by atoms with Crippen LogP contribution >= 0.6 is 11.5 Å². The number of aromatic nitrogens is 3. The third-order valence-corrected chi connectivity index (χ3v) is 4.73. The lowest BCUT2D eigenvalue weighted by Crippen LogP contribution is -2.41. The van der Waals surface area contributed by atoms with Crippen LogP contribution in [0.25, 0.3) is 0 Å². The fourth-order valence-electron chi connectivity index (χ4n) is 2.65. The van der Waals surface area contributed by atoms with Crippen LogP contribution in [0.2, 0.25) is 0 Å². The normalized spacial score (nSPS) is 17.6. The minimum Gasteiger partial charge on any atom is -0.488 e. The van der Waals surface area contributed by atoms with Crippen molar-refractivity contribution in [1.29, 1.82) is 0 Å². The molecule has 1 aliphatic heterocycles. The molecule has 1 saturated heterocycles. The quantitative estimate of drug-likeness (QED) is 0.890. The molecule has 8 heteroatoms. The van der Waals surface area contributed by atoms with Crippen molar-refractivity contribution < 1.29 is 9.53 Å². The summed E-state index contributed by atoms with van der Waals surface area (Å²) in [4.78, 5) is 22.5. The summed E-state index contributed by atoms with van der Waals surface area (Å²) >= 11 is 1.44. The maximum Gasteiger partial charge on any atom is 0.269 e. The van der Waals surface area contributed by atoms with E-state index in [2.05, 4.69) is 31.5 Å². The largest absolute Gasteiger partial charge is 0.488 e. The minimum atomic E-state index is -0.216. The monoisotopic (exact) mass is 347 g/mol. The van der Waals surface area contributed by atoms with Gasteiger partial charge in [-0.3, -0.25) is 9.78 Å². The first kappa shape index (κ1) is 16.6. The third kappa shape index (κ3) is 3.81. The second-order valence-corrected chi connectivity index (χ2v) is 6.36. The highest BCUT2D eigenvalue weighted by atomic mass is 32.1. The Kier molecular flexibility index (Phi) is 5.24. The van der Waals surface area contributed by atoms with Gasteiger partial charge in [-0.2, -0.15) is 4.37 Å². The summed E-state index contributed by atoms with van der Waals surface area (Å²) in [5, 5.41) is 3.53. The van der Waals surface area contributed by atoms with Crippen molar-refractivity contribution >= 4 is 22.6 Å². The number of anilines is 1. The molecule has 1 atom stereocenters. The second-order valence-electron chi connectivity index (χ2n) is 5.63. The molecule has 128 valence electrons. The molecule has 1 aliphatic rings. The molecule has 3 heterocycles. The Balaban J connectivity index is 1.66. The molecule has 0 aromatic carbocycles. The van der Waals surface area contributed by atoms with Gasteiger partial charge in [0.1, 0.15) is 23.4 Å². The number of hydrogen-bond donors (Lipinski definition) is 1. The number of nitrogens with one attached hydrogen (secondary N) is 1. The number of piperidine rings is 1. The summed E-state index contributed by atoms with van der Waals surface area (Å²) in [7, 11) is 1.59. The number of ether oxygens (including phenoxy) is 1. The van der Waals surface area contributed by atoms with Gasteiger partial charge in [0.05, 0.1) is 6.54 Å². The van der Waals surface area contributed by atoms with Crippen molar-refractivity contribution in [2.45, 2.75) is 32.3 Å². The maximum atomic E-state index is 11.7. The van der Waals surface area contributed by atoms with Crippen LogP contribution in [-0.2, 0) is 6.42 Å². The van der Waals surface area contributed by atoms with Gasteiger partial charge in [-0.1, -0.05) is 6.92 Å².